The number of carbonyl (C=O) groups excluding carboxylic acids is 1. The van der Waals surface area contributed by atoms with Crippen LogP contribution in [0.15, 0.2) is 42.5 Å². The molecule has 2 aromatic rings. The summed E-state index contributed by atoms with van der Waals surface area (Å²) in [6.07, 6.45) is -0.885. The first-order chi connectivity index (χ1) is 9.58. The molecule has 0 aliphatic rings. The smallest absolute Gasteiger partial charge is 0.417 e. The molecule has 2 aromatic carbocycles. The van der Waals surface area contributed by atoms with Crippen molar-refractivity contribution in [2.45, 2.75) is 0 Å². The van der Waals surface area contributed by atoms with Gasteiger partial charge in [0.2, 0.25) is 0 Å². The number of ether oxygens (including phenoxy) is 2. The third-order valence-corrected chi connectivity index (χ3v) is 2.42. The number of rotatable bonds is 3. The van der Waals surface area contributed by atoms with Crippen LogP contribution >= 0.6 is 0 Å². The molecule has 0 aromatic heterocycles. The maximum absolute atomic E-state index is 13.3. The number of amides is 1. The highest BCUT2D eigenvalue weighted by atomic mass is 19.1. The lowest BCUT2D eigenvalue weighted by atomic mass is 10.3. The van der Waals surface area contributed by atoms with Crippen molar-refractivity contribution in [1.82, 2.24) is 0 Å². The molecule has 0 saturated carbocycles. The first-order valence-corrected chi connectivity index (χ1v) is 5.66. The van der Waals surface area contributed by atoms with Crippen molar-refractivity contribution >= 4 is 11.8 Å². The summed E-state index contributed by atoms with van der Waals surface area (Å²) in [7, 11) is 1.48. The number of hydrogen-bond donors (Lipinski definition) is 1. The van der Waals surface area contributed by atoms with Crippen molar-refractivity contribution in [3.05, 3.63) is 54.1 Å². The van der Waals surface area contributed by atoms with E-state index in [2.05, 4.69) is 5.32 Å². The topological polar surface area (TPSA) is 47.6 Å². The number of anilines is 1. The molecule has 6 heteroatoms. The minimum Gasteiger partial charge on any atom is -0.497 e. The average molecular weight is 279 g/mol. The molecular formula is C14H11F2NO3. The molecule has 0 aliphatic heterocycles. The number of methoxy groups -OCH3 is 1. The minimum absolute atomic E-state index is 0.167. The normalized spacial score (nSPS) is 9.95. The summed E-state index contributed by atoms with van der Waals surface area (Å²) in [6.45, 7) is 0. The van der Waals surface area contributed by atoms with Gasteiger partial charge in [-0.2, -0.15) is 0 Å². The van der Waals surface area contributed by atoms with Gasteiger partial charge in [0.25, 0.3) is 0 Å². The van der Waals surface area contributed by atoms with Crippen molar-refractivity contribution in [3.8, 4) is 11.5 Å². The predicted octanol–water partition coefficient (Wildman–Crippen LogP) is 3.58. The molecule has 2 rings (SSSR count). The van der Waals surface area contributed by atoms with E-state index in [0.29, 0.717) is 11.8 Å². The van der Waals surface area contributed by atoms with Gasteiger partial charge in [-0.1, -0.05) is 6.07 Å². The zero-order valence-corrected chi connectivity index (χ0v) is 10.5. The number of hydrogen-bond acceptors (Lipinski definition) is 3. The van der Waals surface area contributed by atoms with Gasteiger partial charge in [-0.25, -0.2) is 13.6 Å². The molecule has 0 atom stereocenters. The Morgan fingerprint density at radius 3 is 2.55 bits per heavy atom. The van der Waals surface area contributed by atoms with E-state index in [1.807, 2.05) is 0 Å². The fourth-order valence-corrected chi connectivity index (χ4v) is 1.50. The van der Waals surface area contributed by atoms with E-state index in [0.717, 1.165) is 12.1 Å². The summed E-state index contributed by atoms with van der Waals surface area (Å²) in [6, 6.07) is 9.18. The molecule has 1 N–H and O–H groups in total. The van der Waals surface area contributed by atoms with E-state index in [9.17, 15) is 13.6 Å². The summed E-state index contributed by atoms with van der Waals surface area (Å²) in [5.74, 6) is -0.852. The van der Waals surface area contributed by atoms with Crippen LogP contribution in [0.1, 0.15) is 0 Å². The van der Waals surface area contributed by atoms with Gasteiger partial charge < -0.3 is 9.47 Å². The second kappa shape index (κ2) is 6.01. The molecule has 0 spiro atoms. The fraction of sp³-hybridized carbons (Fsp3) is 0.0714. The molecule has 1 amide bonds. The standard InChI is InChI=1S/C14H11F2NO3/c1-19-10-3-2-4-11(8-10)20-14(18)17-13-6-5-9(15)7-12(13)16/h2-8H,1H3,(H,17,18). The van der Waals surface area contributed by atoms with Gasteiger partial charge in [0.15, 0.2) is 0 Å². The molecule has 0 fully saturated rings. The van der Waals surface area contributed by atoms with Crippen LogP contribution in [0.5, 0.6) is 11.5 Å². The fourth-order valence-electron chi connectivity index (χ4n) is 1.50. The highest BCUT2D eigenvalue weighted by molar-refractivity contribution is 5.86. The third kappa shape index (κ3) is 3.44. The zero-order chi connectivity index (χ0) is 14.5. The van der Waals surface area contributed by atoms with Crippen molar-refractivity contribution in [1.29, 1.82) is 0 Å². The Bertz CT molecular complexity index is 632. The Morgan fingerprint density at radius 1 is 1.10 bits per heavy atom. The quantitative estimate of drug-likeness (QED) is 0.934. The van der Waals surface area contributed by atoms with Gasteiger partial charge in [-0.3, -0.25) is 5.32 Å². The second-order valence-electron chi connectivity index (χ2n) is 3.82. The Labute approximate surface area is 113 Å². The number of nitrogens with one attached hydrogen (secondary N) is 1. The Morgan fingerprint density at radius 2 is 1.85 bits per heavy atom. The zero-order valence-electron chi connectivity index (χ0n) is 10.5. The van der Waals surface area contributed by atoms with Crippen molar-refractivity contribution < 1.29 is 23.0 Å². The number of carbonyl (C=O) groups is 1. The summed E-state index contributed by atoms with van der Waals surface area (Å²) in [5.41, 5.74) is -0.167. The highest BCUT2D eigenvalue weighted by Crippen LogP contribution is 2.20. The van der Waals surface area contributed by atoms with E-state index >= 15 is 0 Å². The van der Waals surface area contributed by atoms with E-state index < -0.39 is 17.7 Å². The second-order valence-corrected chi connectivity index (χ2v) is 3.82. The predicted molar refractivity (Wildman–Crippen MR) is 69.0 cm³/mol. The number of halogens is 2. The van der Waals surface area contributed by atoms with Crippen LogP contribution in [0.4, 0.5) is 19.3 Å². The van der Waals surface area contributed by atoms with Crippen LogP contribution in [-0.2, 0) is 0 Å². The maximum atomic E-state index is 13.3. The molecule has 0 unspecified atom stereocenters. The van der Waals surface area contributed by atoms with Gasteiger partial charge in [-0.15, -0.1) is 0 Å². The van der Waals surface area contributed by atoms with Crippen LogP contribution in [-0.4, -0.2) is 13.2 Å². The molecule has 0 aliphatic carbocycles. The molecule has 20 heavy (non-hydrogen) atoms. The summed E-state index contributed by atoms with van der Waals surface area (Å²) in [4.78, 5) is 11.6. The molecule has 4 nitrogen and oxygen atoms in total. The number of benzene rings is 2. The molecular weight excluding hydrogens is 268 g/mol. The Kier molecular flexibility index (Phi) is 4.14. The van der Waals surface area contributed by atoms with Gasteiger partial charge in [0.05, 0.1) is 12.8 Å². The first kappa shape index (κ1) is 13.8. The first-order valence-electron chi connectivity index (χ1n) is 5.66. The summed E-state index contributed by atoms with van der Waals surface area (Å²) in [5, 5.41) is 2.18. The lowest BCUT2D eigenvalue weighted by Gasteiger charge is -2.08. The monoisotopic (exact) mass is 279 g/mol. The van der Waals surface area contributed by atoms with Crippen molar-refractivity contribution in [2.75, 3.05) is 12.4 Å². The molecule has 0 radical (unpaired) electrons. The van der Waals surface area contributed by atoms with Crippen LogP contribution in [0.2, 0.25) is 0 Å². The van der Waals surface area contributed by atoms with E-state index in [1.54, 1.807) is 18.2 Å². The molecule has 104 valence electrons. The van der Waals surface area contributed by atoms with Gasteiger partial charge in [0, 0.05) is 12.1 Å². The van der Waals surface area contributed by atoms with Gasteiger partial charge in [0.1, 0.15) is 23.1 Å². The Balaban J connectivity index is 2.05. The molecule has 0 heterocycles. The SMILES string of the molecule is COc1cccc(OC(=O)Nc2ccc(F)cc2F)c1. The summed E-state index contributed by atoms with van der Waals surface area (Å²) >= 11 is 0. The van der Waals surface area contributed by atoms with E-state index in [4.69, 9.17) is 9.47 Å². The average Bonchev–Trinajstić information content (AvgIpc) is 2.42. The van der Waals surface area contributed by atoms with E-state index in [1.165, 1.54) is 13.2 Å². The Hall–Kier alpha value is -2.63. The van der Waals surface area contributed by atoms with Crippen molar-refractivity contribution in [2.24, 2.45) is 0 Å². The minimum atomic E-state index is -0.885. The third-order valence-electron chi connectivity index (χ3n) is 2.42. The highest BCUT2D eigenvalue weighted by Gasteiger charge is 2.10. The van der Waals surface area contributed by atoms with Gasteiger partial charge >= 0.3 is 6.09 Å². The summed E-state index contributed by atoms with van der Waals surface area (Å²) < 4.78 is 36.0. The lowest BCUT2D eigenvalue weighted by Crippen LogP contribution is -2.17. The molecule has 0 bridgehead atoms. The maximum Gasteiger partial charge on any atom is 0.417 e. The van der Waals surface area contributed by atoms with Crippen LogP contribution in [0, 0.1) is 11.6 Å². The lowest BCUT2D eigenvalue weighted by molar-refractivity contribution is 0.215. The van der Waals surface area contributed by atoms with Crippen molar-refractivity contribution in [3.63, 3.8) is 0 Å². The van der Waals surface area contributed by atoms with E-state index in [-0.39, 0.29) is 11.4 Å². The van der Waals surface area contributed by atoms with Crippen LogP contribution in [0.25, 0.3) is 0 Å². The van der Waals surface area contributed by atoms with Crippen LogP contribution < -0.4 is 14.8 Å². The molecule has 0 saturated heterocycles. The van der Waals surface area contributed by atoms with Gasteiger partial charge in [-0.05, 0) is 24.3 Å². The van der Waals surface area contributed by atoms with Crippen LogP contribution in [0.3, 0.4) is 0 Å². The largest absolute Gasteiger partial charge is 0.497 e.